The Bertz CT molecular complexity index is 781. The first-order chi connectivity index (χ1) is 12.8. The summed E-state index contributed by atoms with van der Waals surface area (Å²) in [6.45, 7) is 1.50. The normalized spacial score (nSPS) is 29.9. The smallest absolute Gasteiger partial charge is 0.310 e. The van der Waals surface area contributed by atoms with E-state index in [1.54, 1.807) is 0 Å². The molecule has 3 fully saturated rings. The van der Waals surface area contributed by atoms with Gasteiger partial charge in [0.05, 0.1) is 0 Å². The standard InChI is InChI=1S/C22H25N2OS/c25-22-23(14-17-8-3-1-4-9-17)19-16-26-13-7-12-20(26)21(19)24(22)15-18-10-5-2-6-11-18/h1-6,8-11,19-21H,7,12-16H2/q+1/t19-,20?,21-,26?/m0/s1. The van der Waals surface area contributed by atoms with Gasteiger partial charge in [0, 0.05) is 19.5 Å². The van der Waals surface area contributed by atoms with Gasteiger partial charge in [0.1, 0.15) is 28.8 Å². The average Bonchev–Trinajstić information content (AvgIpc) is 3.32. The van der Waals surface area contributed by atoms with Crippen molar-refractivity contribution in [2.45, 2.75) is 43.3 Å². The highest BCUT2D eigenvalue weighted by Gasteiger charge is 2.62. The number of amides is 2. The Morgan fingerprint density at radius 2 is 1.50 bits per heavy atom. The summed E-state index contributed by atoms with van der Waals surface area (Å²) < 4.78 is 0. The second-order valence-corrected chi connectivity index (χ2v) is 10.1. The monoisotopic (exact) mass is 365 g/mol. The summed E-state index contributed by atoms with van der Waals surface area (Å²) >= 11 is 0. The number of benzene rings is 2. The SMILES string of the molecule is O=C1N(Cc2ccccc2)[C@@H]2C3CCC[S+]3C[C@@H]2N1Cc1ccccc1. The summed E-state index contributed by atoms with van der Waals surface area (Å²) in [6.07, 6.45) is 2.66. The van der Waals surface area contributed by atoms with Gasteiger partial charge >= 0.3 is 6.03 Å². The van der Waals surface area contributed by atoms with Crippen LogP contribution in [-0.2, 0) is 24.0 Å². The Balaban J connectivity index is 1.45. The molecule has 0 saturated carbocycles. The predicted octanol–water partition coefficient (Wildman–Crippen LogP) is 3.66. The van der Waals surface area contributed by atoms with Gasteiger partial charge in [-0.15, -0.1) is 0 Å². The van der Waals surface area contributed by atoms with Crippen LogP contribution in [0.3, 0.4) is 0 Å². The molecule has 2 aromatic carbocycles. The molecule has 0 aromatic heterocycles. The lowest BCUT2D eigenvalue weighted by molar-refractivity contribution is 0.180. The third-order valence-electron chi connectivity index (χ3n) is 6.13. The van der Waals surface area contributed by atoms with E-state index in [9.17, 15) is 4.79 Å². The minimum atomic E-state index is 0.239. The van der Waals surface area contributed by atoms with Crippen LogP contribution in [0.4, 0.5) is 4.79 Å². The molecule has 0 aliphatic carbocycles. The molecule has 0 spiro atoms. The topological polar surface area (TPSA) is 23.6 Å². The molecule has 3 aliphatic rings. The largest absolute Gasteiger partial charge is 0.321 e. The van der Waals surface area contributed by atoms with E-state index in [2.05, 4.69) is 58.3 Å². The van der Waals surface area contributed by atoms with Crippen LogP contribution in [0.15, 0.2) is 60.7 Å². The number of rotatable bonds is 4. The highest BCUT2D eigenvalue weighted by molar-refractivity contribution is 7.98. The van der Waals surface area contributed by atoms with Crippen molar-refractivity contribution < 1.29 is 4.79 Å². The number of hydrogen-bond acceptors (Lipinski definition) is 1. The van der Waals surface area contributed by atoms with E-state index in [0.717, 1.165) is 18.3 Å². The van der Waals surface area contributed by atoms with Crippen molar-refractivity contribution in [2.24, 2.45) is 0 Å². The van der Waals surface area contributed by atoms with E-state index < -0.39 is 0 Å². The van der Waals surface area contributed by atoms with Gasteiger partial charge in [-0.3, -0.25) is 0 Å². The van der Waals surface area contributed by atoms with Crippen molar-refractivity contribution in [1.29, 1.82) is 0 Å². The summed E-state index contributed by atoms with van der Waals surface area (Å²) in [5.74, 6) is 2.60. The summed E-state index contributed by atoms with van der Waals surface area (Å²) in [5.41, 5.74) is 2.48. The lowest BCUT2D eigenvalue weighted by Gasteiger charge is -2.24. The summed E-state index contributed by atoms with van der Waals surface area (Å²) in [4.78, 5) is 17.7. The van der Waals surface area contributed by atoms with E-state index in [1.165, 1.54) is 35.5 Å². The average molecular weight is 366 g/mol. The molecule has 0 bridgehead atoms. The van der Waals surface area contributed by atoms with Crippen molar-refractivity contribution in [2.75, 3.05) is 11.5 Å². The minimum absolute atomic E-state index is 0.239. The number of carbonyl (C=O) groups excluding carboxylic acids is 1. The van der Waals surface area contributed by atoms with Gasteiger partial charge in [0.25, 0.3) is 0 Å². The molecule has 3 aliphatic heterocycles. The van der Waals surface area contributed by atoms with Crippen LogP contribution < -0.4 is 0 Å². The zero-order valence-corrected chi connectivity index (χ0v) is 15.8. The van der Waals surface area contributed by atoms with Gasteiger partial charge in [-0.1, -0.05) is 60.7 Å². The number of fused-ring (bicyclic) bond motifs is 3. The van der Waals surface area contributed by atoms with Gasteiger partial charge in [-0.25, -0.2) is 4.79 Å². The van der Waals surface area contributed by atoms with Gasteiger partial charge in [0.2, 0.25) is 0 Å². The Kier molecular flexibility index (Phi) is 4.16. The van der Waals surface area contributed by atoms with Crippen LogP contribution in [0, 0.1) is 0 Å². The third kappa shape index (κ3) is 2.71. The quantitative estimate of drug-likeness (QED) is 0.599. The van der Waals surface area contributed by atoms with Crippen LogP contribution in [0.25, 0.3) is 0 Å². The maximum Gasteiger partial charge on any atom is 0.321 e. The Morgan fingerprint density at radius 3 is 2.15 bits per heavy atom. The number of carbonyl (C=O) groups is 1. The molecule has 3 heterocycles. The number of hydrogen-bond donors (Lipinski definition) is 0. The van der Waals surface area contributed by atoms with Crippen LogP contribution in [0.5, 0.6) is 0 Å². The second-order valence-electron chi connectivity index (χ2n) is 7.66. The van der Waals surface area contributed by atoms with E-state index in [4.69, 9.17) is 0 Å². The summed E-state index contributed by atoms with van der Waals surface area (Å²) in [7, 11) is 0.515. The van der Waals surface area contributed by atoms with E-state index >= 15 is 0 Å². The molecular weight excluding hydrogens is 340 g/mol. The fourth-order valence-corrected chi connectivity index (χ4v) is 8.26. The van der Waals surface area contributed by atoms with Gasteiger partial charge in [-0.2, -0.15) is 0 Å². The minimum Gasteiger partial charge on any atom is -0.310 e. The zero-order chi connectivity index (χ0) is 17.5. The maximum absolute atomic E-state index is 13.4. The van der Waals surface area contributed by atoms with Crippen molar-refractivity contribution in [3.8, 4) is 0 Å². The maximum atomic E-state index is 13.4. The summed E-state index contributed by atoms with van der Waals surface area (Å²) in [5, 5.41) is 0.730. The molecule has 0 N–H and O–H groups in total. The Labute approximate surface area is 158 Å². The van der Waals surface area contributed by atoms with Crippen LogP contribution in [-0.4, -0.2) is 44.7 Å². The molecule has 3 nitrogen and oxygen atoms in total. The molecule has 2 amide bonds. The first-order valence-electron chi connectivity index (χ1n) is 9.62. The molecule has 2 unspecified atom stereocenters. The second kappa shape index (κ2) is 6.66. The highest BCUT2D eigenvalue weighted by Crippen LogP contribution is 2.43. The van der Waals surface area contributed by atoms with E-state index in [1.807, 2.05) is 12.1 Å². The predicted molar refractivity (Wildman–Crippen MR) is 107 cm³/mol. The van der Waals surface area contributed by atoms with E-state index in [0.29, 0.717) is 23.0 Å². The first-order valence-corrected chi connectivity index (χ1v) is 11.3. The van der Waals surface area contributed by atoms with Crippen molar-refractivity contribution >= 4 is 16.9 Å². The zero-order valence-electron chi connectivity index (χ0n) is 15.0. The first kappa shape index (κ1) is 16.2. The number of urea groups is 1. The molecule has 4 heteroatoms. The molecule has 26 heavy (non-hydrogen) atoms. The molecule has 5 rings (SSSR count). The molecular formula is C22H25N2OS+. The van der Waals surface area contributed by atoms with Gasteiger partial charge in [-0.05, 0) is 28.4 Å². The molecule has 0 radical (unpaired) electrons. The van der Waals surface area contributed by atoms with Crippen LogP contribution >= 0.6 is 0 Å². The van der Waals surface area contributed by atoms with Crippen LogP contribution in [0.2, 0.25) is 0 Å². The van der Waals surface area contributed by atoms with Crippen molar-refractivity contribution in [1.82, 2.24) is 9.80 Å². The third-order valence-corrected chi connectivity index (χ3v) is 9.08. The van der Waals surface area contributed by atoms with Gasteiger partial charge in [0.15, 0.2) is 0 Å². The van der Waals surface area contributed by atoms with Crippen molar-refractivity contribution in [3.05, 3.63) is 71.8 Å². The fraction of sp³-hybridized carbons (Fsp3) is 0.409. The van der Waals surface area contributed by atoms with E-state index in [-0.39, 0.29) is 6.03 Å². The molecule has 3 saturated heterocycles. The number of nitrogens with zero attached hydrogens (tertiary/aromatic N) is 2. The molecule has 134 valence electrons. The van der Waals surface area contributed by atoms with Crippen molar-refractivity contribution in [3.63, 3.8) is 0 Å². The lowest BCUT2D eigenvalue weighted by atomic mass is 10.0. The highest BCUT2D eigenvalue weighted by atomic mass is 32.2. The fourth-order valence-electron chi connectivity index (χ4n) is 4.96. The Hall–Kier alpha value is -1.94. The molecule has 2 aromatic rings. The summed E-state index contributed by atoms with van der Waals surface area (Å²) in [6, 6.07) is 22.0. The van der Waals surface area contributed by atoms with Gasteiger partial charge < -0.3 is 9.80 Å². The molecule has 4 atom stereocenters. The van der Waals surface area contributed by atoms with Crippen LogP contribution in [0.1, 0.15) is 24.0 Å². The lowest BCUT2D eigenvalue weighted by Crippen LogP contribution is -2.41. The Morgan fingerprint density at radius 1 is 0.885 bits per heavy atom.